The minimum atomic E-state index is -0.253. The molecule has 5 heteroatoms. The van der Waals surface area contributed by atoms with Crippen molar-refractivity contribution >= 4 is 11.7 Å². The number of amides is 1. The topological polar surface area (TPSA) is 61.4 Å². The zero-order valence-corrected chi connectivity index (χ0v) is 13.3. The van der Waals surface area contributed by atoms with E-state index in [1.165, 1.54) is 0 Å². The Hall–Kier alpha value is -1.72. The standard InChI is InChI=1S/C17H25N3O2/c1-20(2)10-6-9-18-17(22)15-11-14(12-19-15)16(21)13-7-4-3-5-8-13/h3-5,7-8,14-15,19H,6,9-12H2,1-2H3,(H,18,22). The first-order valence-corrected chi connectivity index (χ1v) is 7.83. The molecule has 120 valence electrons. The van der Waals surface area contributed by atoms with Crippen LogP contribution in [-0.2, 0) is 4.79 Å². The Bertz CT molecular complexity index is 502. The van der Waals surface area contributed by atoms with E-state index in [2.05, 4.69) is 15.5 Å². The van der Waals surface area contributed by atoms with E-state index in [0.717, 1.165) is 18.5 Å². The smallest absolute Gasteiger partial charge is 0.237 e. The number of carbonyl (C=O) groups excluding carboxylic acids is 2. The van der Waals surface area contributed by atoms with Gasteiger partial charge < -0.3 is 15.5 Å². The van der Waals surface area contributed by atoms with E-state index in [1.807, 2.05) is 44.4 Å². The maximum absolute atomic E-state index is 12.4. The lowest BCUT2D eigenvalue weighted by Gasteiger charge is -2.13. The molecule has 1 fully saturated rings. The normalized spacial score (nSPS) is 21.0. The number of hydrogen-bond acceptors (Lipinski definition) is 4. The molecule has 1 heterocycles. The van der Waals surface area contributed by atoms with E-state index in [4.69, 9.17) is 0 Å². The molecule has 1 amide bonds. The van der Waals surface area contributed by atoms with Crippen LogP contribution in [0.1, 0.15) is 23.2 Å². The van der Waals surface area contributed by atoms with Crippen LogP contribution in [0.25, 0.3) is 0 Å². The van der Waals surface area contributed by atoms with Gasteiger partial charge in [-0.05, 0) is 33.5 Å². The van der Waals surface area contributed by atoms with Gasteiger partial charge in [-0.2, -0.15) is 0 Å². The Labute approximate surface area is 132 Å². The third-order valence-electron chi connectivity index (χ3n) is 3.96. The van der Waals surface area contributed by atoms with Crippen LogP contribution in [0.4, 0.5) is 0 Å². The highest BCUT2D eigenvalue weighted by Gasteiger charge is 2.33. The Balaban J connectivity index is 1.77. The van der Waals surface area contributed by atoms with Crippen molar-refractivity contribution in [2.45, 2.75) is 18.9 Å². The fraction of sp³-hybridized carbons (Fsp3) is 0.529. The van der Waals surface area contributed by atoms with Crippen molar-refractivity contribution in [3.8, 4) is 0 Å². The molecule has 2 unspecified atom stereocenters. The van der Waals surface area contributed by atoms with E-state index in [-0.39, 0.29) is 23.7 Å². The minimum Gasteiger partial charge on any atom is -0.355 e. The van der Waals surface area contributed by atoms with Crippen molar-refractivity contribution in [1.29, 1.82) is 0 Å². The average Bonchev–Trinajstić information content (AvgIpc) is 3.01. The summed E-state index contributed by atoms with van der Waals surface area (Å²) in [6.07, 6.45) is 1.51. The Kier molecular flexibility index (Phi) is 6.10. The summed E-state index contributed by atoms with van der Waals surface area (Å²) in [5.74, 6) is 0.0121. The van der Waals surface area contributed by atoms with Crippen molar-refractivity contribution in [1.82, 2.24) is 15.5 Å². The summed E-state index contributed by atoms with van der Waals surface area (Å²) in [5, 5.41) is 6.10. The molecular weight excluding hydrogens is 278 g/mol. The fourth-order valence-electron chi connectivity index (χ4n) is 2.70. The van der Waals surface area contributed by atoms with Crippen LogP contribution in [-0.4, -0.2) is 56.4 Å². The van der Waals surface area contributed by atoms with Gasteiger partial charge in [0.05, 0.1) is 6.04 Å². The van der Waals surface area contributed by atoms with Crippen LogP contribution >= 0.6 is 0 Å². The van der Waals surface area contributed by atoms with Gasteiger partial charge in [0.1, 0.15) is 0 Å². The number of hydrogen-bond donors (Lipinski definition) is 2. The number of ketones is 1. The second kappa shape index (κ2) is 8.06. The summed E-state index contributed by atoms with van der Waals surface area (Å²) >= 11 is 0. The largest absolute Gasteiger partial charge is 0.355 e. The number of nitrogens with zero attached hydrogens (tertiary/aromatic N) is 1. The first kappa shape index (κ1) is 16.6. The Morgan fingerprint density at radius 2 is 2.00 bits per heavy atom. The molecule has 22 heavy (non-hydrogen) atoms. The second-order valence-corrected chi connectivity index (χ2v) is 6.07. The zero-order valence-electron chi connectivity index (χ0n) is 13.3. The maximum Gasteiger partial charge on any atom is 0.237 e. The third kappa shape index (κ3) is 4.64. The van der Waals surface area contributed by atoms with Crippen LogP contribution in [0.15, 0.2) is 30.3 Å². The third-order valence-corrected chi connectivity index (χ3v) is 3.96. The van der Waals surface area contributed by atoms with Gasteiger partial charge in [0.2, 0.25) is 5.91 Å². The van der Waals surface area contributed by atoms with Crippen LogP contribution in [0, 0.1) is 5.92 Å². The first-order chi connectivity index (χ1) is 10.6. The van der Waals surface area contributed by atoms with Gasteiger partial charge in [-0.25, -0.2) is 0 Å². The molecule has 0 saturated carbocycles. The van der Waals surface area contributed by atoms with Crippen molar-refractivity contribution in [3.63, 3.8) is 0 Å². The van der Waals surface area contributed by atoms with Crippen molar-refractivity contribution < 1.29 is 9.59 Å². The molecule has 2 N–H and O–H groups in total. The minimum absolute atomic E-state index is 0.00196. The number of carbonyl (C=O) groups is 2. The summed E-state index contributed by atoms with van der Waals surface area (Å²) in [6, 6.07) is 9.04. The van der Waals surface area contributed by atoms with Crippen LogP contribution in [0.2, 0.25) is 0 Å². The molecule has 0 radical (unpaired) electrons. The molecule has 1 aromatic carbocycles. The second-order valence-electron chi connectivity index (χ2n) is 6.07. The van der Waals surface area contributed by atoms with Gasteiger partial charge in [0.15, 0.2) is 5.78 Å². The fourth-order valence-corrected chi connectivity index (χ4v) is 2.70. The molecule has 0 aromatic heterocycles. The molecule has 1 saturated heterocycles. The molecule has 0 bridgehead atoms. The van der Waals surface area contributed by atoms with E-state index < -0.39 is 0 Å². The predicted octanol–water partition coefficient (Wildman–Crippen LogP) is 0.915. The lowest BCUT2D eigenvalue weighted by molar-refractivity contribution is -0.122. The summed E-state index contributed by atoms with van der Waals surface area (Å²) in [7, 11) is 4.03. The highest BCUT2D eigenvalue weighted by atomic mass is 16.2. The van der Waals surface area contributed by atoms with Crippen molar-refractivity contribution in [2.24, 2.45) is 5.92 Å². The van der Waals surface area contributed by atoms with Crippen molar-refractivity contribution in [2.75, 3.05) is 33.7 Å². The van der Waals surface area contributed by atoms with E-state index >= 15 is 0 Å². The molecular formula is C17H25N3O2. The van der Waals surface area contributed by atoms with Crippen LogP contribution < -0.4 is 10.6 Å². The molecule has 1 aromatic rings. The number of Topliss-reactive ketones (excluding diaryl/α,β-unsaturated/α-hetero) is 1. The average molecular weight is 303 g/mol. The van der Waals surface area contributed by atoms with Gasteiger partial charge >= 0.3 is 0 Å². The number of rotatable bonds is 7. The van der Waals surface area contributed by atoms with Crippen molar-refractivity contribution in [3.05, 3.63) is 35.9 Å². The van der Waals surface area contributed by atoms with Gasteiger partial charge in [-0.3, -0.25) is 9.59 Å². The van der Waals surface area contributed by atoms with Gasteiger partial charge in [-0.1, -0.05) is 30.3 Å². The summed E-state index contributed by atoms with van der Waals surface area (Å²) < 4.78 is 0. The Morgan fingerprint density at radius 3 is 2.68 bits per heavy atom. The molecule has 1 aliphatic heterocycles. The number of nitrogens with one attached hydrogen (secondary N) is 2. The first-order valence-electron chi connectivity index (χ1n) is 7.83. The van der Waals surface area contributed by atoms with E-state index in [0.29, 0.717) is 19.5 Å². The van der Waals surface area contributed by atoms with E-state index in [1.54, 1.807) is 0 Å². The Morgan fingerprint density at radius 1 is 1.27 bits per heavy atom. The monoisotopic (exact) mass is 303 g/mol. The van der Waals surface area contributed by atoms with Crippen LogP contribution in [0.5, 0.6) is 0 Å². The van der Waals surface area contributed by atoms with E-state index in [9.17, 15) is 9.59 Å². The van der Waals surface area contributed by atoms with Crippen LogP contribution in [0.3, 0.4) is 0 Å². The summed E-state index contributed by atoms with van der Waals surface area (Å²) in [5.41, 5.74) is 0.723. The molecule has 5 nitrogen and oxygen atoms in total. The SMILES string of the molecule is CN(C)CCCNC(=O)C1CC(C(=O)c2ccccc2)CN1. The lowest BCUT2D eigenvalue weighted by Crippen LogP contribution is -2.41. The van der Waals surface area contributed by atoms with Gasteiger partial charge in [0.25, 0.3) is 0 Å². The molecule has 0 spiro atoms. The van der Waals surface area contributed by atoms with Gasteiger partial charge in [0, 0.05) is 24.6 Å². The molecule has 2 atom stereocenters. The van der Waals surface area contributed by atoms with Gasteiger partial charge in [-0.15, -0.1) is 0 Å². The quantitative estimate of drug-likeness (QED) is 0.581. The molecule has 2 rings (SSSR count). The highest BCUT2D eigenvalue weighted by molar-refractivity contribution is 5.99. The lowest BCUT2D eigenvalue weighted by atomic mass is 9.95. The molecule has 0 aliphatic carbocycles. The zero-order chi connectivity index (χ0) is 15.9. The predicted molar refractivity (Wildman–Crippen MR) is 86.9 cm³/mol. The number of benzene rings is 1. The summed E-state index contributed by atoms with van der Waals surface area (Å²) in [6.45, 7) is 2.20. The summed E-state index contributed by atoms with van der Waals surface area (Å²) in [4.78, 5) is 26.6. The molecule has 1 aliphatic rings. The highest BCUT2D eigenvalue weighted by Crippen LogP contribution is 2.19. The maximum atomic E-state index is 12.4.